The molecule has 4 fully saturated rings. The normalized spacial score (nSPS) is 47.2. The highest BCUT2D eigenvalue weighted by molar-refractivity contribution is 5.81. The molecule has 0 radical (unpaired) electrons. The van der Waals surface area contributed by atoms with E-state index < -0.39 is 54.7 Å². The average molecular weight is 393 g/mol. The smallest absolute Gasteiger partial charge is 0.222 e. The van der Waals surface area contributed by atoms with Gasteiger partial charge in [-0.05, 0) is 0 Å². The lowest BCUT2D eigenvalue weighted by atomic mass is 9.86. The average Bonchev–Trinajstić information content (AvgIpc) is 3.31. The number of hydrogen-bond acceptors (Lipinski definition) is 11. The number of anilines is 1. The summed E-state index contributed by atoms with van der Waals surface area (Å²) in [5.41, 5.74) is 6.64. The van der Waals surface area contributed by atoms with E-state index in [0.717, 1.165) is 0 Å². The van der Waals surface area contributed by atoms with Gasteiger partial charge in [0.2, 0.25) is 5.79 Å². The fraction of sp³-hybridized carbons (Fsp3) is 0.688. The van der Waals surface area contributed by atoms with E-state index >= 15 is 0 Å². The highest BCUT2D eigenvalue weighted by Crippen LogP contribution is 2.48. The van der Waals surface area contributed by atoms with Crippen LogP contribution >= 0.6 is 0 Å². The first kappa shape index (κ1) is 17.0. The maximum Gasteiger partial charge on any atom is 0.222 e. The summed E-state index contributed by atoms with van der Waals surface area (Å²) in [7, 11) is 0. The van der Waals surface area contributed by atoms with Crippen molar-refractivity contribution in [3.8, 4) is 0 Å². The molecule has 0 spiro atoms. The third-order valence-corrected chi connectivity index (χ3v) is 6.08. The molecule has 2 bridgehead atoms. The van der Waals surface area contributed by atoms with Crippen molar-refractivity contribution in [3.05, 3.63) is 12.7 Å². The van der Waals surface area contributed by atoms with Gasteiger partial charge in [0.25, 0.3) is 0 Å². The molecule has 0 aromatic carbocycles. The highest BCUT2D eigenvalue weighted by Gasteiger charge is 2.66. The Hall–Kier alpha value is -1.93. The first-order chi connectivity index (χ1) is 13.5. The Bertz CT molecular complexity index is 941. The fourth-order valence-corrected chi connectivity index (χ4v) is 4.70. The zero-order chi connectivity index (χ0) is 19.2. The molecule has 0 amide bonds. The van der Waals surface area contributed by atoms with E-state index in [4.69, 9.17) is 24.7 Å². The van der Waals surface area contributed by atoms with Gasteiger partial charge in [0.1, 0.15) is 48.5 Å². The minimum atomic E-state index is -1.86. The number of hydrogen-bond donors (Lipinski definition) is 4. The van der Waals surface area contributed by atoms with E-state index in [1.165, 1.54) is 12.7 Å². The van der Waals surface area contributed by atoms with Gasteiger partial charge in [-0.1, -0.05) is 0 Å². The summed E-state index contributed by atoms with van der Waals surface area (Å²) >= 11 is 0. The van der Waals surface area contributed by atoms with Gasteiger partial charge < -0.3 is 40.0 Å². The van der Waals surface area contributed by atoms with Crippen LogP contribution in [0.4, 0.5) is 5.82 Å². The largest absolute Gasteiger partial charge is 0.387 e. The molecule has 5 N–H and O–H groups in total. The van der Waals surface area contributed by atoms with Gasteiger partial charge in [-0.25, -0.2) is 15.0 Å². The van der Waals surface area contributed by atoms with E-state index in [0.29, 0.717) is 11.2 Å². The van der Waals surface area contributed by atoms with Crippen LogP contribution in [0.1, 0.15) is 12.6 Å². The fourth-order valence-electron chi connectivity index (χ4n) is 4.70. The minimum Gasteiger partial charge on any atom is -0.387 e. The van der Waals surface area contributed by atoms with Gasteiger partial charge in [0.05, 0.1) is 19.0 Å². The molecule has 4 aliphatic heterocycles. The number of fused-ring (bicyclic) bond motifs is 6. The molecule has 9 atom stereocenters. The molecule has 6 rings (SSSR count). The summed E-state index contributed by atoms with van der Waals surface area (Å²) in [6, 6.07) is 0. The van der Waals surface area contributed by atoms with Crippen LogP contribution in [0.3, 0.4) is 0 Å². The second-order valence-electron chi connectivity index (χ2n) is 7.62. The Morgan fingerprint density at radius 2 is 2.00 bits per heavy atom. The van der Waals surface area contributed by atoms with E-state index in [-0.39, 0.29) is 18.8 Å². The number of imidazole rings is 1. The van der Waals surface area contributed by atoms with Crippen LogP contribution in [0.25, 0.3) is 11.2 Å². The predicted molar refractivity (Wildman–Crippen MR) is 88.5 cm³/mol. The molecule has 150 valence electrons. The van der Waals surface area contributed by atoms with Gasteiger partial charge in [-0.2, -0.15) is 0 Å². The van der Waals surface area contributed by atoms with Gasteiger partial charge in [-0.15, -0.1) is 0 Å². The number of nitrogens with two attached hydrogens (primary N) is 1. The third-order valence-electron chi connectivity index (χ3n) is 6.08. The van der Waals surface area contributed by atoms with E-state index in [1.807, 2.05) is 0 Å². The summed E-state index contributed by atoms with van der Waals surface area (Å²) in [5, 5.41) is 32.2. The number of nitrogens with zero attached hydrogens (tertiary/aromatic N) is 4. The first-order valence-electron chi connectivity index (χ1n) is 9.09. The second-order valence-corrected chi connectivity index (χ2v) is 7.62. The van der Waals surface area contributed by atoms with Crippen molar-refractivity contribution < 1.29 is 34.3 Å². The van der Waals surface area contributed by atoms with Crippen molar-refractivity contribution in [2.45, 2.75) is 61.2 Å². The summed E-state index contributed by atoms with van der Waals surface area (Å²) in [6.07, 6.45) is -3.49. The number of ether oxygens (including phenoxy) is 4. The van der Waals surface area contributed by atoms with Crippen LogP contribution in [0.15, 0.2) is 12.7 Å². The molecular formula is C16H19N5O7. The second kappa shape index (κ2) is 5.57. The van der Waals surface area contributed by atoms with Crippen LogP contribution in [-0.4, -0.2) is 90.0 Å². The lowest BCUT2D eigenvalue weighted by molar-refractivity contribution is -0.378. The molecule has 12 nitrogen and oxygen atoms in total. The number of aliphatic hydroxyl groups is 3. The van der Waals surface area contributed by atoms with Crippen LogP contribution in [0.2, 0.25) is 0 Å². The van der Waals surface area contributed by atoms with E-state index in [2.05, 4.69) is 15.0 Å². The van der Waals surface area contributed by atoms with Crippen molar-refractivity contribution in [3.63, 3.8) is 0 Å². The molecule has 0 unspecified atom stereocenters. The minimum absolute atomic E-state index is 0.178. The zero-order valence-corrected chi connectivity index (χ0v) is 14.5. The maximum absolute atomic E-state index is 11.1. The highest BCUT2D eigenvalue weighted by atomic mass is 16.7. The van der Waals surface area contributed by atoms with E-state index in [1.54, 1.807) is 4.57 Å². The number of aliphatic hydroxyl groups excluding tert-OH is 2. The van der Waals surface area contributed by atoms with Gasteiger partial charge >= 0.3 is 0 Å². The summed E-state index contributed by atoms with van der Waals surface area (Å²) in [6.45, 7) is 0.178. The van der Waals surface area contributed by atoms with Crippen molar-refractivity contribution >= 4 is 17.0 Å². The van der Waals surface area contributed by atoms with Crippen LogP contribution < -0.4 is 5.73 Å². The standard InChI is InChI=1S/C16H19N5O7/c17-13-8-14(19-3-18-13)21(4-20-8)15-10(23)11-5(27-15)1-7-16(24,28-11)12-9(22)6(26-7)2-25-12/h3-7,9-12,15,22-24H,1-2H2,(H2,17,18,19)/t5-,6-,7-,9-,10-,11+,12+,15-,16+/m1/s1. The molecule has 2 aromatic rings. The molecule has 12 heteroatoms. The molecule has 0 saturated carbocycles. The van der Waals surface area contributed by atoms with Crippen molar-refractivity contribution in [2.75, 3.05) is 12.3 Å². The number of rotatable bonds is 1. The molecule has 2 aromatic heterocycles. The summed E-state index contributed by atoms with van der Waals surface area (Å²) in [5.74, 6) is -1.64. The molecular weight excluding hydrogens is 374 g/mol. The molecule has 4 aliphatic rings. The van der Waals surface area contributed by atoms with Gasteiger partial charge in [0.15, 0.2) is 17.7 Å². The van der Waals surface area contributed by atoms with Crippen molar-refractivity contribution in [2.24, 2.45) is 0 Å². The Morgan fingerprint density at radius 1 is 1.14 bits per heavy atom. The Morgan fingerprint density at radius 3 is 2.86 bits per heavy atom. The first-order valence-corrected chi connectivity index (χ1v) is 9.09. The summed E-state index contributed by atoms with van der Waals surface area (Å²) < 4.78 is 24.7. The van der Waals surface area contributed by atoms with Crippen LogP contribution in [0, 0.1) is 0 Å². The molecule has 6 heterocycles. The van der Waals surface area contributed by atoms with Gasteiger partial charge in [-0.3, -0.25) is 4.57 Å². The Labute approximate surface area is 157 Å². The predicted octanol–water partition coefficient (Wildman–Crippen LogP) is -2.33. The Balaban J connectivity index is 1.34. The molecule has 28 heavy (non-hydrogen) atoms. The van der Waals surface area contributed by atoms with Crippen LogP contribution in [-0.2, 0) is 18.9 Å². The topological polar surface area (TPSA) is 167 Å². The quantitative estimate of drug-likeness (QED) is 0.410. The molecule has 0 aliphatic carbocycles. The lowest BCUT2D eigenvalue weighted by Gasteiger charge is -2.50. The third kappa shape index (κ3) is 2.05. The molecule has 4 saturated heterocycles. The van der Waals surface area contributed by atoms with Gasteiger partial charge in [0, 0.05) is 6.42 Å². The SMILES string of the molecule is Nc1ncnc2c1ncn2[C@@H]1O[C@@H]2C[C@H]3O[C@@H]4CO[C@@H]([C@@H]4O)[C@@]3(O)O[C@@H]2[C@H]1O. The lowest BCUT2D eigenvalue weighted by Crippen LogP contribution is -2.69. The van der Waals surface area contributed by atoms with Crippen molar-refractivity contribution in [1.82, 2.24) is 19.5 Å². The zero-order valence-electron chi connectivity index (χ0n) is 14.5. The summed E-state index contributed by atoms with van der Waals surface area (Å²) in [4.78, 5) is 12.3. The maximum atomic E-state index is 11.1. The van der Waals surface area contributed by atoms with Crippen LogP contribution in [0.5, 0.6) is 0 Å². The Kier molecular flexibility index (Phi) is 3.38. The number of nitrogen functional groups attached to an aromatic ring is 1. The number of aromatic nitrogens is 4. The van der Waals surface area contributed by atoms with E-state index in [9.17, 15) is 15.3 Å². The monoisotopic (exact) mass is 393 g/mol. The van der Waals surface area contributed by atoms with Crippen molar-refractivity contribution in [1.29, 1.82) is 0 Å².